The maximum Gasteiger partial charge on any atom is 0.230 e. The van der Waals surface area contributed by atoms with Gasteiger partial charge in [0.1, 0.15) is 46.0 Å². The van der Waals surface area contributed by atoms with Gasteiger partial charge in [0, 0.05) is 80.3 Å². The third kappa shape index (κ3) is 8.34. The number of unbranched alkanes of at least 4 members (excludes halogenated alkanes) is 8. The fraction of sp³-hybridized carbons (Fsp3) is 0.556. The van der Waals surface area contributed by atoms with E-state index < -0.39 is 0 Å². The summed E-state index contributed by atoms with van der Waals surface area (Å²) in [5, 5.41) is 22.9. The predicted molar refractivity (Wildman–Crippen MR) is 246 cm³/mol. The molecule has 4 unspecified atom stereocenters. The Balaban J connectivity index is 1.42. The van der Waals surface area contributed by atoms with Crippen LogP contribution < -0.4 is 37.9 Å². The highest BCUT2D eigenvalue weighted by atomic mass is 16.7. The number of hydrogen-bond acceptors (Lipinski definition) is 10. The number of hydrogen-bond donors (Lipinski definition) is 2. The van der Waals surface area contributed by atoms with Gasteiger partial charge in [-0.2, -0.15) is 0 Å². The van der Waals surface area contributed by atoms with Crippen molar-refractivity contribution in [1.82, 2.24) is 0 Å². The summed E-state index contributed by atoms with van der Waals surface area (Å²) in [5.74, 6) is 4.88. The molecule has 0 saturated carbocycles. The van der Waals surface area contributed by atoms with Crippen molar-refractivity contribution >= 4 is 0 Å². The molecular formula is C54H68O10. The van der Waals surface area contributed by atoms with Crippen LogP contribution >= 0.6 is 0 Å². The first kappa shape index (κ1) is 44.4. The molecule has 0 fully saturated rings. The van der Waals surface area contributed by atoms with Gasteiger partial charge in [0.15, 0.2) is 0 Å². The smallest absolute Gasteiger partial charge is 0.230 e. The molecule has 0 saturated heterocycles. The Morgan fingerprint density at radius 3 is 0.828 bits per heavy atom. The minimum Gasteiger partial charge on any atom is -0.457 e. The Labute approximate surface area is 379 Å². The van der Waals surface area contributed by atoms with Crippen LogP contribution in [0.1, 0.15) is 210 Å². The quantitative estimate of drug-likeness (QED) is 0.0937. The normalized spacial score (nSPS) is 19.7. The zero-order valence-corrected chi connectivity index (χ0v) is 38.5. The lowest BCUT2D eigenvalue weighted by atomic mass is 9.75. The Morgan fingerprint density at radius 2 is 0.594 bits per heavy atom. The van der Waals surface area contributed by atoms with Gasteiger partial charge in [0.05, 0.1) is 24.3 Å². The van der Waals surface area contributed by atoms with Crippen LogP contribution in [0.15, 0.2) is 36.4 Å². The van der Waals surface area contributed by atoms with E-state index in [-0.39, 0.29) is 64.1 Å². The van der Waals surface area contributed by atoms with Crippen molar-refractivity contribution in [3.05, 3.63) is 92.0 Å². The summed E-state index contributed by atoms with van der Waals surface area (Å²) in [6.07, 6.45) is 16.1. The molecule has 0 spiro atoms. The van der Waals surface area contributed by atoms with E-state index in [0.29, 0.717) is 34.1 Å². The van der Waals surface area contributed by atoms with Crippen molar-refractivity contribution in [3.63, 3.8) is 0 Å². The largest absolute Gasteiger partial charge is 0.457 e. The molecular weight excluding hydrogens is 809 g/mol. The molecule has 4 aromatic carbocycles. The van der Waals surface area contributed by atoms with Crippen LogP contribution in [0.25, 0.3) is 0 Å². The van der Waals surface area contributed by atoms with E-state index in [2.05, 4.69) is 64.1 Å². The van der Waals surface area contributed by atoms with Crippen molar-refractivity contribution in [2.75, 3.05) is 27.2 Å². The first-order chi connectivity index (χ1) is 31.5. The van der Waals surface area contributed by atoms with Gasteiger partial charge < -0.3 is 48.1 Å². The van der Waals surface area contributed by atoms with Crippen LogP contribution in [-0.2, 0) is 13.2 Å². The maximum atomic E-state index is 11.4. The van der Waals surface area contributed by atoms with Gasteiger partial charge >= 0.3 is 0 Å². The number of benzene rings is 4. The summed E-state index contributed by atoms with van der Waals surface area (Å²) >= 11 is 0. The molecule has 0 amide bonds. The molecule has 0 radical (unpaired) electrons. The van der Waals surface area contributed by atoms with Crippen LogP contribution in [-0.4, -0.2) is 37.4 Å². The molecule has 10 nitrogen and oxygen atoms in total. The Morgan fingerprint density at radius 1 is 0.344 bits per heavy atom. The molecule has 0 aromatic heterocycles. The number of aliphatic hydroxyl groups is 2. The van der Waals surface area contributed by atoms with Gasteiger partial charge in [0.2, 0.25) is 27.2 Å². The topological polar surface area (TPSA) is 114 Å². The highest BCUT2D eigenvalue weighted by Crippen LogP contribution is 2.57. The fourth-order valence-corrected chi connectivity index (χ4v) is 11.2. The summed E-state index contributed by atoms with van der Waals surface area (Å²) in [4.78, 5) is 0. The zero-order chi connectivity index (χ0) is 44.2. The SMILES string of the molecule is CCCCCC1c2cc3c4cc2OCOc2c1cc1c(c2CO)OCOc2cc5c(cc2C1CCCCC)C(CCCCC)c1cc(c(c(CO)c1OCO5)OCO4)C3CCCCC. The lowest BCUT2D eigenvalue weighted by Gasteiger charge is -2.36. The second kappa shape index (κ2) is 20.2. The second-order valence-corrected chi connectivity index (χ2v) is 18.4. The summed E-state index contributed by atoms with van der Waals surface area (Å²) in [6.45, 7) is 8.22. The molecule has 5 aliphatic rings. The first-order valence-electron chi connectivity index (χ1n) is 24.5. The van der Waals surface area contributed by atoms with Crippen molar-refractivity contribution < 1.29 is 48.1 Å². The summed E-state index contributed by atoms with van der Waals surface area (Å²) in [5.41, 5.74) is 9.75. The third-order valence-electron chi connectivity index (χ3n) is 14.4. The molecule has 8 bridgehead atoms. The van der Waals surface area contributed by atoms with Crippen molar-refractivity contribution in [2.24, 2.45) is 0 Å². The van der Waals surface area contributed by atoms with Gasteiger partial charge in [-0.25, -0.2) is 0 Å². The molecule has 4 atom stereocenters. The van der Waals surface area contributed by atoms with Crippen LogP contribution in [0.5, 0.6) is 46.0 Å². The number of rotatable bonds is 18. The lowest BCUT2D eigenvalue weighted by molar-refractivity contribution is 0.0932. The van der Waals surface area contributed by atoms with E-state index in [4.69, 9.17) is 37.9 Å². The van der Waals surface area contributed by atoms with E-state index in [1.807, 2.05) is 0 Å². The van der Waals surface area contributed by atoms with Gasteiger partial charge in [-0.1, -0.05) is 105 Å². The molecule has 1 aliphatic carbocycles. The Bertz CT molecular complexity index is 1990. The predicted octanol–water partition coefficient (Wildman–Crippen LogP) is 12.7. The minimum atomic E-state index is -0.267. The number of ether oxygens (including phenoxy) is 8. The highest BCUT2D eigenvalue weighted by Gasteiger charge is 2.39. The van der Waals surface area contributed by atoms with Crippen LogP contribution in [0, 0.1) is 0 Å². The van der Waals surface area contributed by atoms with E-state index >= 15 is 0 Å². The van der Waals surface area contributed by atoms with Crippen molar-refractivity contribution in [1.29, 1.82) is 0 Å². The van der Waals surface area contributed by atoms with Gasteiger partial charge in [-0.3, -0.25) is 0 Å². The molecule has 4 aliphatic heterocycles. The van der Waals surface area contributed by atoms with E-state index in [0.717, 1.165) is 170 Å². The number of aliphatic hydroxyl groups excluding tert-OH is 2. The molecule has 10 heteroatoms. The fourth-order valence-electron chi connectivity index (χ4n) is 11.2. The second-order valence-electron chi connectivity index (χ2n) is 18.4. The minimum absolute atomic E-state index is 0.0532. The van der Waals surface area contributed by atoms with E-state index in [1.54, 1.807) is 0 Å². The standard InChI is InChI=1S/C54H68O10/c1-5-9-13-17-33-37-21-38-34(18-14-10-6-2)43-24-44-36(20-16-12-8-4)40-22-39-35(19-15-11-7-3)42-23-41(33)51-45(27-55)52(42)62-31-59-49(39)26-50(40)60-32-64-54(44)46(28-56)53(43)63-30-58-48(38)25-47(37)57-29-61-51/h21-26,33-36,55-56H,5-20,27-32H2,1-4H3. The van der Waals surface area contributed by atoms with Crippen LogP contribution in [0.2, 0.25) is 0 Å². The van der Waals surface area contributed by atoms with Crippen LogP contribution in [0.4, 0.5) is 0 Å². The molecule has 4 heterocycles. The maximum absolute atomic E-state index is 11.4. The molecule has 9 rings (SSSR count). The lowest BCUT2D eigenvalue weighted by Crippen LogP contribution is -2.24. The Hall–Kier alpha value is -4.80. The summed E-state index contributed by atoms with van der Waals surface area (Å²) < 4.78 is 53.0. The monoisotopic (exact) mass is 876 g/mol. The van der Waals surface area contributed by atoms with Crippen molar-refractivity contribution in [2.45, 2.75) is 167 Å². The summed E-state index contributed by atoms with van der Waals surface area (Å²) in [6, 6.07) is 13.5. The molecule has 2 N–H and O–H groups in total. The van der Waals surface area contributed by atoms with Crippen LogP contribution in [0.3, 0.4) is 0 Å². The first-order valence-corrected chi connectivity index (χ1v) is 24.5. The van der Waals surface area contributed by atoms with Crippen molar-refractivity contribution in [3.8, 4) is 46.0 Å². The molecule has 64 heavy (non-hydrogen) atoms. The highest BCUT2D eigenvalue weighted by molar-refractivity contribution is 5.67. The van der Waals surface area contributed by atoms with Gasteiger partial charge in [-0.05, 0) is 49.9 Å². The average molecular weight is 877 g/mol. The van der Waals surface area contributed by atoms with Gasteiger partial charge in [-0.15, -0.1) is 0 Å². The van der Waals surface area contributed by atoms with E-state index in [9.17, 15) is 10.2 Å². The summed E-state index contributed by atoms with van der Waals surface area (Å²) in [7, 11) is 0. The molecule has 344 valence electrons. The Kier molecular flexibility index (Phi) is 14.0. The zero-order valence-electron chi connectivity index (χ0n) is 38.5. The third-order valence-corrected chi connectivity index (χ3v) is 14.4. The average Bonchev–Trinajstić information content (AvgIpc) is 3.28. The molecule has 4 aromatic rings. The van der Waals surface area contributed by atoms with E-state index in [1.165, 1.54) is 0 Å². The van der Waals surface area contributed by atoms with Gasteiger partial charge in [0.25, 0.3) is 0 Å².